The molecule has 1 fully saturated rings. The summed E-state index contributed by atoms with van der Waals surface area (Å²) < 4.78 is 5.22. The summed E-state index contributed by atoms with van der Waals surface area (Å²) >= 11 is 1.75. The lowest BCUT2D eigenvalue weighted by Crippen LogP contribution is -2.48. The molecule has 0 N–H and O–H groups in total. The molecule has 1 amide bonds. The maximum atomic E-state index is 13.3. The normalized spacial score (nSPS) is 19.6. The fourth-order valence-electron chi connectivity index (χ4n) is 4.22. The molecule has 0 saturated carbocycles. The molecule has 0 radical (unpaired) electrons. The van der Waals surface area contributed by atoms with Crippen LogP contribution in [0.3, 0.4) is 0 Å². The summed E-state index contributed by atoms with van der Waals surface area (Å²) in [5.74, 6) is 0.265. The Hall–Kier alpha value is -1.69. The van der Waals surface area contributed by atoms with E-state index in [4.69, 9.17) is 4.74 Å². The van der Waals surface area contributed by atoms with E-state index >= 15 is 0 Å². The first-order valence-corrected chi connectivity index (χ1v) is 9.83. The second kappa shape index (κ2) is 6.90. The Labute approximate surface area is 153 Å². The fourth-order valence-corrected chi connectivity index (χ4v) is 4.88. The van der Waals surface area contributed by atoms with E-state index in [1.165, 1.54) is 11.1 Å². The van der Waals surface area contributed by atoms with Crippen LogP contribution in [0.1, 0.15) is 24.0 Å². The van der Waals surface area contributed by atoms with Crippen LogP contribution >= 0.6 is 11.3 Å². The summed E-state index contributed by atoms with van der Waals surface area (Å²) in [5, 5.41) is 4.35. The van der Waals surface area contributed by atoms with E-state index in [-0.39, 0.29) is 11.3 Å². The van der Waals surface area contributed by atoms with Crippen LogP contribution in [0.25, 0.3) is 0 Å². The average Bonchev–Trinajstić information content (AvgIpc) is 3.23. The Morgan fingerprint density at radius 2 is 2.00 bits per heavy atom. The Morgan fingerprint density at radius 1 is 1.20 bits per heavy atom. The molecule has 2 aliphatic heterocycles. The molecule has 1 saturated heterocycles. The summed E-state index contributed by atoms with van der Waals surface area (Å²) in [5.41, 5.74) is 3.33. The number of benzene rings is 1. The topological polar surface area (TPSA) is 32.8 Å². The van der Waals surface area contributed by atoms with Gasteiger partial charge in [0, 0.05) is 25.9 Å². The molecule has 1 aromatic heterocycles. The molecule has 1 aromatic carbocycles. The maximum Gasteiger partial charge on any atom is 0.237 e. The predicted octanol–water partition coefficient (Wildman–Crippen LogP) is 3.27. The van der Waals surface area contributed by atoms with Crippen LogP contribution in [0.15, 0.2) is 41.1 Å². The van der Waals surface area contributed by atoms with Crippen LogP contribution < -0.4 is 4.90 Å². The Bertz CT molecular complexity index is 736. The molecule has 4 rings (SSSR count). The molecular weight excluding hydrogens is 332 g/mol. The minimum absolute atomic E-state index is 0.265. The summed E-state index contributed by atoms with van der Waals surface area (Å²) in [6.45, 7) is 4.12. The van der Waals surface area contributed by atoms with E-state index in [1.807, 2.05) is 11.0 Å². The number of rotatable bonds is 5. The molecule has 0 aliphatic carbocycles. The van der Waals surface area contributed by atoms with Gasteiger partial charge in [0.25, 0.3) is 0 Å². The highest BCUT2D eigenvalue weighted by Gasteiger charge is 2.51. The molecule has 0 unspecified atom stereocenters. The smallest absolute Gasteiger partial charge is 0.237 e. The van der Waals surface area contributed by atoms with Crippen LogP contribution in [0.2, 0.25) is 0 Å². The number of anilines is 1. The van der Waals surface area contributed by atoms with E-state index in [9.17, 15) is 4.79 Å². The molecule has 25 heavy (non-hydrogen) atoms. The van der Waals surface area contributed by atoms with Gasteiger partial charge >= 0.3 is 0 Å². The molecule has 3 heterocycles. The maximum absolute atomic E-state index is 13.3. The van der Waals surface area contributed by atoms with E-state index in [2.05, 4.69) is 39.9 Å². The van der Waals surface area contributed by atoms with Gasteiger partial charge in [0.1, 0.15) is 0 Å². The first kappa shape index (κ1) is 16.8. The molecule has 0 bridgehead atoms. The highest BCUT2D eigenvalue weighted by molar-refractivity contribution is 7.07. The largest absolute Gasteiger partial charge is 0.383 e. The van der Waals surface area contributed by atoms with Gasteiger partial charge < -0.3 is 9.64 Å². The lowest BCUT2D eigenvalue weighted by atomic mass is 9.73. The first-order valence-electron chi connectivity index (χ1n) is 8.88. The quantitative estimate of drug-likeness (QED) is 0.824. The van der Waals surface area contributed by atoms with Gasteiger partial charge in [-0.25, -0.2) is 0 Å². The molecule has 4 nitrogen and oxygen atoms in total. The zero-order chi connectivity index (χ0) is 17.3. The molecular formula is C20H24N2O2S. The Balaban J connectivity index is 1.54. The van der Waals surface area contributed by atoms with Crippen LogP contribution in [0.5, 0.6) is 0 Å². The monoisotopic (exact) mass is 356 g/mol. The molecule has 0 atom stereocenters. The number of methoxy groups -OCH3 is 1. The van der Waals surface area contributed by atoms with Gasteiger partial charge in [0.15, 0.2) is 0 Å². The van der Waals surface area contributed by atoms with Crippen molar-refractivity contribution in [2.75, 3.05) is 38.3 Å². The van der Waals surface area contributed by atoms with Crippen LogP contribution in [0.4, 0.5) is 5.69 Å². The van der Waals surface area contributed by atoms with Crippen molar-refractivity contribution in [3.63, 3.8) is 0 Å². The van der Waals surface area contributed by atoms with E-state index in [1.54, 1.807) is 18.4 Å². The second-order valence-electron chi connectivity index (χ2n) is 6.96. The number of fused-ring (bicyclic) bond motifs is 2. The van der Waals surface area contributed by atoms with Crippen LogP contribution in [-0.2, 0) is 21.5 Å². The first-order chi connectivity index (χ1) is 12.2. The molecule has 1 spiro atoms. The Kier molecular flexibility index (Phi) is 4.63. The van der Waals surface area contributed by atoms with Gasteiger partial charge in [0.05, 0.1) is 12.0 Å². The van der Waals surface area contributed by atoms with Gasteiger partial charge in [-0.3, -0.25) is 9.69 Å². The van der Waals surface area contributed by atoms with Crippen molar-refractivity contribution < 1.29 is 9.53 Å². The number of ether oxygens (including phenoxy) is 1. The molecule has 5 heteroatoms. The number of amides is 1. The number of piperidine rings is 1. The highest BCUT2D eigenvalue weighted by atomic mass is 32.1. The van der Waals surface area contributed by atoms with E-state index < -0.39 is 0 Å². The lowest BCUT2D eigenvalue weighted by molar-refractivity contribution is -0.125. The van der Waals surface area contributed by atoms with Crippen molar-refractivity contribution >= 4 is 22.9 Å². The lowest BCUT2D eigenvalue weighted by Gasteiger charge is -2.38. The third kappa shape index (κ3) is 2.90. The number of para-hydroxylation sites is 1. The van der Waals surface area contributed by atoms with Gasteiger partial charge in [0.2, 0.25) is 5.91 Å². The highest BCUT2D eigenvalue weighted by Crippen LogP contribution is 2.47. The number of nitrogens with zero attached hydrogens (tertiary/aromatic N) is 2. The third-order valence-corrected chi connectivity index (χ3v) is 6.31. The van der Waals surface area contributed by atoms with E-state index in [0.29, 0.717) is 13.2 Å². The summed E-state index contributed by atoms with van der Waals surface area (Å²) in [6.07, 6.45) is 1.80. The standard InChI is InChI=1S/C20H24N2O2S/c1-24-12-11-22-18-5-3-2-4-17(18)20(19(22)23)7-9-21(10-8-20)14-16-6-13-25-15-16/h2-6,13,15H,7-12,14H2,1H3. The number of carbonyl (C=O) groups excluding carboxylic acids is 1. The second-order valence-corrected chi connectivity index (χ2v) is 7.74. The Morgan fingerprint density at radius 3 is 2.72 bits per heavy atom. The van der Waals surface area contributed by atoms with Crippen molar-refractivity contribution in [1.29, 1.82) is 0 Å². The average molecular weight is 356 g/mol. The third-order valence-electron chi connectivity index (χ3n) is 5.58. The number of likely N-dealkylation sites (tertiary alicyclic amines) is 1. The van der Waals surface area contributed by atoms with Crippen molar-refractivity contribution in [3.8, 4) is 0 Å². The summed E-state index contributed by atoms with van der Waals surface area (Å²) in [4.78, 5) is 17.7. The fraction of sp³-hybridized carbons (Fsp3) is 0.450. The number of thiophene rings is 1. The minimum Gasteiger partial charge on any atom is -0.383 e. The summed E-state index contributed by atoms with van der Waals surface area (Å²) in [7, 11) is 1.69. The van der Waals surface area contributed by atoms with Crippen molar-refractivity contribution in [3.05, 3.63) is 52.2 Å². The summed E-state index contributed by atoms with van der Waals surface area (Å²) in [6, 6.07) is 10.5. The molecule has 2 aliphatic rings. The van der Waals surface area contributed by atoms with Gasteiger partial charge in [-0.15, -0.1) is 0 Å². The van der Waals surface area contributed by atoms with Crippen LogP contribution in [-0.4, -0.2) is 44.2 Å². The number of carbonyl (C=O) groups is 1. The van der Waals surface area contributed by atoms with Crippen molar-refractivity contribution in [2.24, 2.45) is 0 Å². The van der Waals surface area contributed by atoms with Gasteiger partial charge in [-0.1, -0.05) is 18.2 Å². The van der Waals surface area contributed by atoms with Gasteiger partial charge in [-0.2, -0.15) is 11.3 Å². The molecule has 2 aromatic rings. The van der Waals surface area contributed by atoms with Crippen molar-refractivity contribution in [1.82, 2.24) is 4.90 Å². The minimum atomic E-state index is -0.338. The number of hydrogen-bond acceptors (Lipinski definition) is 4. The van der Waals surface area contributed by atoms with Crippen LogP contribution in [0, 0.1) is 0 Å². The molecule has 132 valence electrons. The zero-order valence-corrected chi connectivity index (χ0v) is 15.4. The van der Waals surface area contributed by atoms with Gasteiger partial charge in [-0.05, 0) is 60.0 Å². The van der Waals surface area contributed by atoms with E-state index in [0.717, 1.165) is 38.2 Å². The van der Waals surface area contributed by atoms with Crippen molar-refractivity contribution in [2.45, 2.75) is 24.8 Å². The predicted molar refractivity (Wildman–Crippen MR) is 101 cm³/mol. The zero-order valence-electron chi connectivity index (χ0n) is 14.6. The number of hydrogen-bond donors (Lipinski definition) is 0. The SMILES string of the molecule is COCCN1C(=O)C2(CCN(Cc3ccsc3)CC2)c2ccccc21.